The molecule has 1 heterocycles. The first-order valence-corrected chi connectivity index (χ1v) is 5.08. The Bertz CT molecular complexity index is 256. The number of hydrogen-bond donors (Lipinski definition) is 0. The summed E-state index contributed by atoms with van der Waals surface area (Å²) in [6.07, 6.45) is -2.17. The second-order valence-corrected chi connectivity index (χ2v) is 3.79. The molecule has 6 nitrogen and oxygen atoms in total. The van der Waals surface area contributed by atoms with Crippen LogP contribution < -0.4 is 0 Å². The summed E-state index contributed by atoms with van der Waals surface area (Å²) in [6.45, 7) is 0.160. The van der Waals surface area contributed by atoms with Gasteiger partial charge in [-0.3, -0.25) is 0 Å². The van der Waals surface area contributed by atoms with Crippen LogP contribution in [0, 0.1) is 0 Å². The predicted molar refractivity (Wildman–Crippen MR) is 51.4 cm³/mol. The van der Waals surface area contributed by atoms with E-state index in [1.807, 2.05) is 0 Å². The molecule has 1 aliphatic rings. The molecular weight excluding hydrogens is 272 g/mol. The van der Waals surface area contributed by atoms with Gasteiger partial charge in [0.2, 0.25) is 0 Å². The molecule has 1 unspecified atom stereocenters. The Labute approximate surface area is 94.9 Å². The summed E-state index contributed by atoms with van der Waals surface area (Å²) in [5.74, 6) is -1.33. The number of alkyl halides is 1. The van der Waals surface area contributed by atoms with Crippen molar-refractivity contribution in [3.05, 3.63) is 0 Å². The van der Waals surface area contributed by atoms with E-state index in [0.29, 0.717) is 0 Å². The molecule has 1 fully saturated rings. The van der Waals surface area contributed by atoms with E-state index in [0.717, 1.165) is 0 Å². The highest BCUT2D eigenvalue weighted by atomic mass is 79.9. The smallest absolute Gasteiger partial charge is 0.338 e. The van der Waals surface area contributed by atoms with E-state index in [1.165, 1.54) is 14.2 Å². The van der Waals surface area contributed by atoms with Gasteiger partial charge in [-0.05, 0) is 0 Å². The van der Waals surface area contributed by atoms with Crippen molar-refractivity contribution in [1.29, 1.82) is 0 Å². The Morgan fingerprint density at radius 1 is 1.20 bits per heavy atom. The van der Waals surface area contributed by atoms with Crippen LogP contribution in [0.3, 0.4) is 0 Å². The number of rotatable bonds is 2. The standard InChI is InChI=1S/C8H11BrO6/c1-12-7(10)5-6(8(11)13-2)15-4(9)3-14-5/h4-6H,3H2,1-2H3/t4?,5-,6-/m1/s1. The molecule has 0 spiro atoms. The molecule has 1 saturated heterocycles. The molecule has 0 bridgehead atoms. The topological polar surface area (TPSA) is 71.1 Å². The first-order chi connectivity index (χ1) is 7.10. The monoisotopic (exact) mass is 282 g/mol. The predicted octanol–water partition coefficient (Wildman–Crippen LogP) is -0.163. The number of carbonyl (C=O) groups excluding carboxylic acids is 2. The highest BCUT2D eigenvalue weighted by molar-refractivity contribution is 9.09. The maximum Gasteiger partial charge on any atom is 0.338 e. The van der Waals surface area contributed by atoms with Gasteiger partial charge < -0.3 is 18.9 Å². The van der Waals surface area contributed by atoms with E-state index in [-0.39, 0.29) is 6.61 Å². The van der Waals surface area contributed by atoms with Crippen molar-refractivity contribution in [3.8, 4) is 0 Å². The van der Waals surface area contributed by atoms with Crippen LogP contribution in [0.5, 0.6) is 0 Å². The van der Waals surface area contributed by atoms with E-state index < -0.39 is 29.2 Å². The summed E-state index contributed by atoms with van der Waals surface area (Å²) in [5, 5.41) is -0.442. The Balaban J connectivity index is 2.74. The van der Waals surface area contributed by atoms with Gasteiger partial charge in [-0.15, -0.1) is 0 Å². The van der Waals surface area contributed by atoms with Gasteiger partial charge in [-0.1, -0.05) is 15.9 Å². The molecule has 1 aliphatic heterocycles. The number of ether oxygens (including phenoxy) is 4. The van der Waals surface area contributed by atoms with Gasteiger partial charge >= 0.3 is 11.9 Å². The lowest BCUT2D eigenvalue weighted by atomic mass is 10.2. The molecule has 0 aromatic heterocycles. The molecule has 0 aromatic rings. The zero-order chi connectivity index (χ0) is 11.4. The molecule has 0 amide bonds. The van der Waals surface area contributed by atoms with Crippen molar-refractivity contribution in [3.63, 3.8) is 0 Å². The number of esters is 2. The minimum Gasteiger partial charge on any atom is -0.467 e. The van der Waals surface area contributed by atoms with Crippen LogP contribution in [0.1, 0.15) is 0 Å². The normalized spacial score (nSPS) is 30.7. The maximum atomic E-state index is 11.3. The number of methoxy groups -OCH3 is 2. The number of hydrogen-bond acceptors (Lipinski definition) is 6. The Morgan fingerprint density at radius 2 is 1.73 bits per heavy atom. The van der Waals surface area contributed by atoms with Crippen molar-refractivity contribution < 1.29 is 28.5 Å². The summed E-state index contributed by atoms with van der Waals surface area (Å²) < 4.78 is 19.3. The molecular formula is C8H11BrO6. The molecule has 3 atom stereocenters. The molecule has 0 aliphatic carbocycles. The lowest BCUT2D eigenvalue weighted by Gasteiger charge is -2.30. The van der Waals surface area contributed by atoms with Crippen molar-refractivity contribution >= 4 is 27.9 Å². The van der Waals surface area contributed by atoms with Crippen LogP contribution in [-0.2, 0) is 28.5 Å². The van der Waals surface area contributed by atoms with Crippen LogP contribution in [-0.4, -0.2) is 50.0 Å². The fourth-order valence-corrected chi connectivity index (χ4v) is 1.52. The third-order valence-electron chi connectivity index (χ3n) is 1.84. The second-order valence-electron chi connectivity index (χ2n) is 2.77. The molecule has 1 rings (SSSR count). The van der Waals surface area contributed by atoms with Gasteiger partial charge in [0.1, 0.15) is 5.01 Å². The minimum atomic E-state index is -1.10. The van der Waals surface area contributed by atoms with Crippen molar-refractivity contribution in [2.45, 2.75) is 17.2 Å². The van der Waals surface area contributed by atoms with Gasteiger partial charge in [-0.2, -0.15) is 0 Å². The highest BCUT2D eigenvalue weighted by Crippen LogP contribution is 2.20. The van der Waals surface area contributed by atoms with Crippen LogP contribution in [0.4, 0.5) is 0 Å². The summed E-state index contributed by atoms with van der Waals surface area (Å²) in [5.41, 5.74) is 0. The fraction of sp³-hybridized carbons (Fsp3) is 0.750. The summed E-state index contributed by atoms with van der Waals surface area (Å²) in [4.78, 5) is 22.5. The first-order valence-electron chi connectivity index (χ1n) is 4.17. The fourth-order valence-electron chi connectivity index (χ4n) is 1.14. The number of carbonyl (C=O) groups is 2. The van der Waals surface area contributed by atoms with Crippen LogP contribution in [0.25, 0.3) is 0 Å². The van der Waals surface area contributed by atoms with Crippen molar-refractivity contribution in [2.24, 2.45) is 0 Å². The maximum absolute atomic E-state index is 11.3. The van der Waals surface area contributed by atoms with Crippen LogP contribution in [0.15, 0.2) is 0 Å². The van der Waals surface area contributed by atoms with Gasteiger partial charge in [0.25, 0.3) is 0 Å². The molecule has 7 heteroatoms. The van der Waals surface area contributed by atoms with E-state index in [1.54, 1.807) is 0 Å². The molecule has 86 valence electrons. The van der Waals surface area contributed by atoms with Crippen molar-refractivity contribution in [1.82, 2.24) is 0 Å². The summed E-state index contributed by atoms with van der Waals surface area (Å²) in [6, 6.07) is 0. The minimum absolute atomic E-state index is 0.160. The van der Waals surface area contributed by atoms with Crippen molar-refractivity contribution in [2.75, 3.05) is 20.8 Å². The van der Waals surface area contributed by atoms with E-state index >= 15 is 0 Å². The molecule has 0 saturated carbocycles. The SMILES string of the molecule is COC(=O)[C@@H]1OCC(Br)O[C@H]1C(=O)OC. The number of halogens is 1. The summed E-state index contributed by atoms with van der Waals surface area (Å²) in [7, 11) is 2.41. The van der Waals surface area contributed by atoms with Gasteiger partial charge in [0.05, 0.1) is 20.8 Å². The third-order valence-corrected chi connectivity index (χ3v) is 2.32. The van der Waals surface area contributed by atoms with Crippen LogP contribution >= 0.6 is 15.9 Å². The quantitative estimate of drug-likeness (QED) is 0.518. The average Bonchev–Trinajstić information content (AvgIpc) is 2.26. The molecule has 15 heavy (non-hydrogen) atoms. The van der Waals surface area contributed by atoms with E-state index in [9.17, 15) is 9.59 Å². The zero-order valence-electron chi connectivity index (χ0n) is 8.27. The van der Waals surface area contributed by atoms with Crippen LogP contribution in [0.2, 0.25) is 0 Å². The third kappa shape index (κ3) is 2.90. The lowest BCUT2D eigenvalue weighted by Crippen LogP contribution is -2.50. The van der Waals surface area contributed by atoms with E-state index in [4.69, 9.17) is 9.47 Å². The molecule has 0 N–H and O–H groups in total. The van der Waals surface area contributed by atoms with E-state index in [2.05, 4.69) is 25.4 Å². The molecule has 0 aromatic carbocycles. The highest BCUT2D eigenvalue weighted by Gasteiger charge is 2.42. The molecule has 0 radical (unpaired) electrons. The first kappa shape index (κ1) is 12.4. The van der Waals surface area contributed by atoms with Gasteiger partial charge in [-0.25, -0.2) is 9.59 Å². The lowest BCUT2D eigenvalue weighted by molar-refractivity contribution is -0.200. The zero-order valence-corrected chi connectivity index (χ0v) is 9.85. The Hall–Kier alpha value is -0.660. The largest absolute Gasteiger partial charge is 0.467 e. The summed E-state index contributed by atoms with van der Waals surface area (Å²) >= 11 is 3.12. The van der Waals surface area contributed by atoms with Gasteiger partial charge in [0.15, 0.2) is 12.2 Å². The van der Waals surface area contributed by atoms with Gasteiger partial charge in [0, 0.05) is 0 Å². The Morgan fingerprint density at radius 3 is 2.27 bits per heavy atom. The Kier molecular flexibility index (Phi) is 4.49. The average molecular weight is 283 g/mol. The second kappa shape index (κ2) is 5.43.